The molecule has 0 aliphatic carbocycles. The number of carbonyl (C=O) groups is 2. The molecule has 1 N–H and O–H groups in total. The fraction of sp³-hybridized carbons (Fsp3) is 0.778. The minimum Gasteiger partial charge on any atom is -0.396 e. The third-order valence-electron chi connectivity index (χ3n) is 1.69. The highest BCUT2D eigenvalue weighted by molar-refractivity contribution is 5.79. The summed E-state index contributed by atoms with van der Waals surface area (Å²) >= 11 is 0. The zero-order valence-electron chi connectivity index (χ0n) is 7.67. The number of aliphatic hydroxyl groups is 1. The van der Waals surface area contributed by atoms with Crippen molar-refractivity contribution in [1.82, 2.24) is 0 Å². The highest BCUT2D eigenvalue weighted by Crippen LogP contribution is 2.13. The van der Waals surface area contributed by atoms with Crippen LogP contribution in [0.2, 0.25) is 0 Å². The van der Waals surface area contributed by atoms with Gasteiger partial charge in [0, 0.05) is 19.4 Å². The smallest absolute Gasteiger partial charge is 0.130 e. The zero-order chi connectivity index (χ0) is 9.56. The van der Waals surface area contributed by atoms with Gasteiger partial charge in [0.25, 0.3) is 0 Å². The summed E-state index contributed by atoms with van der Waals surface area (Å²) < 4.78 is 0. The second kappa shape index (κ2) is 5.89. The predicted molar refractivity (Wildman–Crippen MR) is 45.8 cm³/mol. The molecule has 0 aromatic heterocycles. The van der Waals surface area contributed by atoms with Gasteiger partial charge in [-0.1, -0.05) is 0 Å². The quantitative estimate of drug-likeness (QED) is 0.648. The lowest BCUT2D eigenvalue weighted by atomic mass is 9.94. The molecule has 0 rings (SSSR count). The molecule has 0 bridgehead atoms. The highest BCUT2D eigenvalue weighted by atomic mass is 16.3. The first-order valence-corrected chi connectivity index (χ1v) is 4.16. The molecule has 0 spiro atoms. The van der Waals surface area contributed by atoms with Gasteiger partial charge in [0.05, 0.1) is 0 Å². The SMILES string of the molecule is CC(=O)CC(CCO)CC(C)=O. The predicted octanol–water partition coefficient (Wildman–Crippen LogP) is 0.943. The standard InChI is InChI=1S/C9H16O3/c1-7(11)5-9(3-4-10)6-8(2)12/h9-10H,3-6H2,1-2H3. The van der Waals surface area contributed by atoms with Gasteiger partial charge >= 0.3 is 0 Å². The van der Waals surface area contributed by atoms with E-state index in [1.807, 2.05) is 0 Å². The Morgan fingerprint density at radius 3 is 1.83 bits per heavy atom. The number of aliphatic hydroxyl groups excluding tert-OH is 1. The molecule has 0 aromatic carbocycles. The Hall–Kier alpha value is -0.700. The molecule has 0 unspecified atom stereocenters. The van der Waals surface area contributed by atoms with Crippen molar-refractivity contribution in [2.45, 2.75) is 33.1 Å². The van der Waals surface area contributed by atoms with Crippen LogP contribution in [0.1, 0.15) is 33.1 Å². The minimum atomic E-state index is 0.0324. The molecule has 0 aromatic rings. The van der Waals surface area contributed by atoms with Crippen LogP contribution in [0.4, 0.5) is 0 Å². The fourth-order valence-corrected chi connectivity index (χ4v) is 1.27. The van der Waals surface area contributed by atoms with Crippen LogP contribution >= 0.6 is 0 Å². The van der Waals surface area contributed by atoms with Crippen molar-refractivity contribution in [2.24, 2.45) is 5.92 Å². The van der Waals surface area contributed by atoms with E-state index < -0.39 is 0 Å². The van der Waals surface area contributed by atoms with E-state index in [0.717, 1.165) is 0 Å². The van der Waals surface area contributed by atoms with E-state index in [4.69, 9.17) is 5.11 Å². The molecular formula is C9H16O3. The molecule has 0 heterocycles. The average molecular weight is 172 g/mol. The number of hydrogen-bond donors (Lipinski definition) is 1. The summed E-state index contributed by atoms with van der Waals surface area (Å²) in [4.78, 5) is 21.4. The number of Topliss-reactive ketones (excluding diaryl/α,β-unsaturated/α-hetero) is 2. The second-order valence-electron chi connectivity index (χ2n) is 3.19. The second-order valence-corrected chi connectivity index (χ2v) is 3.19. The molecular weight excluding hydrogens is 156 g/mol. The van der Waals surface area contributed by atoms with Crippen molar-refractivity contribution in [3.05, 3.63) is 0 Å². The van der Waals surface area contributed by atoms with E-state index in [0.29, 0.717) is 19.3 Å². The topological polar surface area (TPSA) is 54.4 Å². The van der Waals surface area contributed by atoms with Gasteiger partial charge in [-0.3, -0.25) is 0 Å². The van der Waals surface area contributed by atoms with Crippen LogP contribution in [0.15, 0.2) is 0 Å². The lowest BCUT2D eigenvalue weighted by molar-refractivity contribution is -0.119. The number of hydrogen-bond acceptors (Lipinski definition) is 3. The first-order chi connectivity index (χ1) is 5.56. The maximum atomic E-state index is 10.7. The summed E-state index contributed by atoms with van der Waals surface area (Å²) in [6, 6.07) is 0. The summed E-state index contributed by atoms with van der Waals surface area (Å²) in [6.07, 6.45) is 1.35. The van der Waals surface area contributed by atoms with E-state index in [1.165, 1.54) is 13.8 Å². The molecule has 0 atom stereocenters. The van der Waals surface area contributed by atoms with Crippen molar-refractivity contribution < 1.29 is 14.7 Å². The van der Waals surface area contributed by atoms with Crippen molar-refractivity contribution >= 4 is 11.6 Å². The Labute approximate surface area is 72.8 Å². The highest BCUT2D eigenvalue weighted by Gasteiger charge is 2.12. The van der Waals surface area contributed by atoms with Crippen LogP contribution in [-0.2, 0) is 9.59 Å². The number of ketones is 2. The zero-order valence-corrected chi connectivity index (χ0v) is 7.67. The number of rotatable bonds is 6. The van der Waals surface area contributed by atoms with Gasteiger partial charge in [-0.15, -0.1) is 0 Å². The first-order valence-electron chi connectivity index (χ1n) is 4.16. The van der Waals surface area contributed by atoms with Gasteiger partial charge in [-0.2, -0.15) is 0 Å². The van der Waals surface area contributed by atoms with Crippen molar-refractivity contribution in [2.75, 3.05) is 6.61 Å². The minimum absolute atomic E-state index is 0.0324. The Kier molecular flexibility index (Phi) is 5.54. The largest absolute Gasteiger partial charge is 0.396 e. The fourth-order valence-electron chi connectivity index (χ4n) is 1.27. The third kappa shape index (κ3) is 6.04. The maximum absolute atomic E-state index is 10.7. The van der Waals surface area contributed by atoms with Crippen molar-refractivity contribution in [3.8, 4) is 0 Å². The Bertz CT molecular complexity index is 147. The van der Waals surface area contributed by atoms with Gasteiger partial charge < -0.3 is 14.7 Å². The molecule has 3 heteroatoms. The molecule has 0 amide bonds. The van der Waals surface area contributed by atoms with E-state index in [2.05, 4.69) is 0 Å². The van der Waals surface area contributed by atoms with Gasteiger partial charge in [-0.25, -0.2) is 0 Å². The summed E-state index contributed by atoms with van der Waals surface area (Å²) in [5, 5.41) is 8.64. The van der Waals surface area contributed by atoms with Crippen LogP contribution in [-0.4, -0.2) is 23.3 Å². The molecule has 0 aliphatic heterocycles. The lowest BCUT2D eigenvalue weighted by Crippen LogP contribution is -2.11. The van der Waals surface area contributed by atoms with Gasteiger partial charge in [-0.05, 0) is 26.2 Å². The van der Waals surface area contributed by atoms with Gasteiger partial charge in [0.1, 0.15) is 11.6 Å². The lowest BCUT2D eigenvalue weighted by Gasteiger charge is -2.11. The van der Waals surface area contributed by atoms with Crippen molar-refractivity contribution in [1.29, 1.82) is 0 Å². The molecule has 12 heavy (non-hydrogen) atoms. The van der Waals surface area contributed by atoms with E-state index in [9.17, 15) is 9.59 Å². The molecule has 3 nitrogen and oxygen atoms in total. The average Bonchev–Trinajstić information content (AvgIpc) is 1.84. The molecule has 0 aliphatic rings. The normalized spacial score (nSPS) is 10.3. The van der Waals surface area contributed by atoms with E-state index in [1.54, 1.807) is 0 Å². The monoisotopic (exact) mass is 172 g/mol. The molecule has 0 saturated heterocycles. The molecule has 70 valence electrons. The Morgan fingerprint density at radius 2 is 1.58 bits per heavy atom. The molecule has 0 saturated carbocycles. The van der Waals surface area contributed by atoms with Crippen LogP contribution in [0.25, 0.3) is 0 Å². The summed E-state index contributed by atoms with van der Waals surface area (Å²) in [6.45, 7) is 3.06. The van der Waals surface area contributed by atoms with Crippen LogP contribution in [0.5, 0.6) is 0 Å². The van der Waals surface area contributed by atoms with Gasteiger partial charge in [0.2, 0.25) is 0 Å². The Balaban J connectivity index is 3.85. The maximum Gasteiger partial charge on any atom is 0.130 e. The molecule has 0 fully saturated rings. The summed E-state index contributed by atoms with van der Waals surface area (Å²) in [7, 11) is 0. The van der Waals surface area contributed by atoms with Crippen LogP contribution < -0.4 is 0 Å². The first kappa shape index (κ1) is 11.3. The number of carbonyl (C=O) groups excluding carboxylic acids is 2. The van der Waals surface area contributed by atoms with Crippen molar-refractivity contribution in [3.63, 3.8) is 0 Å². The summed E-state index contributed by atoms with van der Waals surface area (Å²) in [5.74, 6) is 0.189. The van der Waals surface area contributed by atoms with Crippen LogP contribution in [0.3, 0.4) is 0 Å². The third-order valence-corrected chi connectivity index (χ3v) is 1.69. The van der Waals surface area contributed by atoms with Crippen LogP contribution in [0, 0.1) is 5.92 Å². The molecule has 0 radical (unpaired) electrons. The van der Waals surface area contributed by atoms with E-state index >= 15 is 0 Å². The Morgan fingerprint density at radius 1 is 1.17 bits per heavy atom. The van der Waals surface area contributed by atoms with E-state index in [-0.39, 0.29) is 24.1 Å². The van der Waals surface area contributed by atoms with Gasteiger partial charge in [0.15, 0.2) is 0 Å². The summed E-state index contributed by atoms with van der Waals surface area (Å²) in [5.41, 5.74) is 0.